The van der Waals surface area contributed by atoms with E-state index in [1.165, 1.54) is 21.1 Å². The molecule has 1 aliphatic rings. The molecule has 4 rings (SSSR count). The summed E-state index contributed by atoms with van der Waals surface area (Å²) in [5.74, 6) is 0.224. The molecule has 0 saturated carbocycles. The van der Waals surface area contributed by atoms with E-state index >= 15 is 0 Å². The molecule has 1 aromatic carbocycles. The molecular formula is C25H25ClN4O2S2. The number of fused-ring (bicyclic) bond motifs is 1. The predicted octanol–water partition coefficient (Wildman–Crippen LogP) is 5.66. The zero-order valence-corrected chi connectivity index (χ0v) is 21.4. The lowest BCUT2D eigenvalue weighted by Gasteiger charge is -2.15. The van der Waals surface area contributed by atoms with Crippen LogP contribution in [0.1, 0.15) is 42.9 Å². The lowest BCUT2D eigenvalue weighted by molar-refractivity contribution is -0.122. The maximum Gasteiger partial charge on any atom is 0.267 e. The van der Waals surface area contributed by atoms with Crippen molar-refractivity contribution in [1.82, 2.24) is 14.3 Å². The number of benzene rings is 1. The normalized spacial score (nSPS) is 15.0. The summed E-state index contributed by atoms with van der Waals surface area (Å²) in [7, 11) is 0. The van der Waals surface area contributed by atoms with Crippen LogP contribution in [0.25, 0.3) is 11.7 Å². The van der Waals surface area contributed by atoms with Crippen LogP contribution in [-0.4, -0.2) is 31.1 Å². The summed E-state index contributed by atoms with van der Waals surface area (Å²) in [5.41, 5.74) is 2.41. The van der Waals surface area contributed by atoms with Gasteiger partial charge in [-0.15, -0.1) is 0 Å². The lowest BCUT2D eigenvalue weighted by Crippen LogP contribution is -2.27. The van der Waals surface area contributed by atoms with E-state index in [4.69, 9.17) is 23.8 Å². The Kier molecular flexibility index (Phi) is 7.70. The van der Waals surface area contributed by atoms with Crippen molar-refractivity contribution >= 4 is 63.3 Å². The van der Waals surface area contributed by atoms with Gasteiger partial charge in [-0.25, -0.2) is 4.98 Å². The summed E-state index contributed by atoms with van der Waals surface area (Å²) in [6.07, 6.45) is 6.50. The molecule has 1 aliphatic heterocycles. The fourth-order valence-corrected chi connectivity index (χ4v) is 5.10. The van der Waals surface area contributed by atoms with Crippen molar-refractivity contribution in [3.05, 3.63) is 79.6 Å². The summed E-state index contributed by atoms with van der Waals surface area (Å²) in [4.78, 5) is 33.3. The first kappa shape index (κ1) is 24.4. The van der Waals surface area contributed by atoms with Crippen molar-refractivity contribution < 1.29 is 4.79 Å². The molecule has 3 heterocycles. The Hall–Kier alpha value is -2.68. The minimum absolute atomic E-state index is 0.233. The van der Waals surface area contributed by atoms with Gasteiger partial charge in [0, 0.05) is 17.8 Å². The number of hydrogen-bond acceptors (Lipinski definition) is 6. The fraction of sp³-hybridized carbons (Fsp3) is 0.280. The number of hydrogen-bond donors (Lipinski definition) is 1. The van der Waals surface area contributed by atoms with Crippen LogP contribution in [0.4, 0.5) is 5.82 Å². The number of pyridine rings is 1. The number of rotatable bonds is 8. The second kappa shape index (κ2) is 10.7. The van der Waals surface area contributed by atoms with E-state index in [0.717, 1.165) is 30.4 Å². The molecule has 0 atom stereocenters. The van der Waals surface area contributed by atoms with Gasteiger partial charge in [-0.1, -0.05) is 79.6 Å². The van der Waals surface area contributed by atoms with Gasteiger partial charge >= 0.3 is 0 Å². The summed E-state index contributed by atoms with van der Waals surface area (Å²) in [6, 6.07) is 11.1. The third-order valence-electron chi connectivity index (χ3n) is 5.51. The quantitative estimate of drug-likeness (QED) is 0.238. The number of nitrogens with zero attached hydrogens (tertiary/aromatic N) is 3. The second-order valence-corrected chi connectivity index (χ2v) is 10.2. The molecule has 2 aromatic heterocycles. The highest BCUT2D eigenvalue weighted by atomic mass is 35.5. The van der Waals surface area contributed by atoms with Gasteiger partial charge in [0.1, 0.15) is 15.8 Å². The number of thioether (sulfide) groups is 1. The van der Waals surface area contributed by atoms with E-state index in [2.05, 4.69) is 17.2 Å². The number of thiocarbonyl (C=S) groups is 1. The van der Waals surface area contributed by atoms with E-state index < -0.39 is 0 Å². The summed E-state index contributed by atoms with van der Waals surface area (Å²) >= 11 is 12.9. The monoisotopic (exact) mass is 512 g/mol. The third-order valence-corrected chi connectivity index (χ3v) is 7.26. The zero-order valence-electron chi connectivity index (χ0n) is 19.0. The highest BCUT2D eigenvalue weighted by Crippen LogP contribution is 2.34. The Bertz CT molecular complexity index is 1350. The van der Waals surface area contributed by atoms with Gasteiger partial charge in [0.05, 0.1) is 17.0 Å². The van der Waals surface area contributed by atoms with Crippen LogP contribution in [0.3, 0.4) is 0 Å². The van der Waals surface area contributed by atoms with E-state index in [9.17, 15) is 9.59 Å². The van der Waals surface area contributed by atoms with Gasteiger partial charge < -0.3 is 5.32 Å². The topological polar surface area (TPSA) is 66.7 Å². The van der Waals surface area contributed by atoms with Crippen LogP contribution >= 0.6 is 35.6 Å². The summed E-state index contributed by atoms with van der Waals surface area (Å²) in [5, 5.41) is 3.88. The Labute approximate surface area is 213 Å². The van der Waals surface area contributed by atoms with Crippen molar-refractivity contribution in [3.8, 4) is 0 Å². The first-order chi connectivity index (χ1) is 16.4. The molecular weight excluding hydrogens is 488 g/mol. The van der Waals surface area contributed by atoms with Crippen LogP contribution in [0.5, 0.6) is 0 Å². The molecule has 0 spiro atoms. The van der Waals surface area contributed by atoms with Gasteiger partial charge in [-0.05, 0) is 42.7 Å². The molecule has 0 unspecified atom stereocenters. The Balaban J connectivity index is 1.71. The molecule has 1 saturated heterocycles. The molecule has 0 bridgehead atoms. The molecule has 0 radical (unpaired) electrons. The van der Waals surface area contributed by atoms with Gasteiger partial charge in [0.2, 0.25) is 0 Å². The van der Waals surface area contributed by atoms with Gasteiger partial charge in [-0.3, -0.25) is 18.9 Å². The minimum atomic E-state index is -0.249. The van der Waals surface area contributed by atoms with E-state index in [0.29, 0.717) is 37.8 Å². The van der Waals surface area contributed by atoms with Crippen molar-refractivity contribution in [2.75, 3.05) is 11.9 Å². The summed E-state index contributed by atoms with van der Waals surface area (Å²) < 4.78 is 1.95. The second-order valence-electron chi connectivity index (χ2n) is 8.11. The van der Waals surface area contributed by atoms with Gasteiger partial charge in [-0.2, -0.15) is 0 Å². The first-order valence-corrected chi connectivity index (χ1v) is 12.7. The van der Waals surface area contributed by atoms with E-state index in [1.54, 1.807) is 18.3 Å². The highest BCUT2D eigenvalue weighted by molar-refractivity contribution is 8.26. The van der Waals surface area contributed by atoms with E-state index in [1.807, 2.05) is 37.3 Å². The predicted molar refractivity (Wildman–Crippen MR) is 144 cm³/mol. The van der Waals surface area contributed by atoms with Crippen molar-refractivity contribution in [1.29, 1.82) is 0 Å². The number of anilines is 1. The number of halogens is 1. The van der Waals surface area contributed by atoms with Crippen molar-refractivity contribution in [3.63, 3.8) is 0 Å². The van der Waals surface area contributed by atoms with Crippen LogP contribution in [0.2, 0.25) is 5.02 Å². The van der Waals surface area contributed by atoms with E-state index in [-0.39, 0.29) is 18.0 Å². The molecule has 1 fully saturated rings. The lowest BCUT2D eigenvalue weighted by atomic mass is 10.2. The van der Waals surface area contributed by atoms with Crippen molar-refractivity contribution in [2.45, 2.75) is 39.7 Å². The molecule has 9 heteroatoms. The number of aryl methyl sites for hydroxylation is 1. The number of nitrogens with one attached hydrogen (secondary N) is 1. The highest BCUT2D eigenvalue weighted by Gasteiger charge is 2.33. The maximum absolute atomic E-state index is 13.4. The minimum Gasteiger partial charge on any atom is -0.369 e. The molecule has 1 amide bonds. The molecule has 34 heavy (non-hydrogen) atoms. The third kappa shape index (κ3) is 5.19. The number of carbonyl (C=O) groups excluding carboxylic acids is 1. The number of amides is 1. The Morgan fingerprint density at radius 2 is 1.97 bits per heavy atom. The smallest absolute Gasteiger partial charge is 0.267 e. The molecule has 1 N–H and O–H groups in total. The average Bonchev–Trinajstić information content (AvgIpc) is 3.08. The first-order valence-electron chi connectivity index (χ1n) is 11.1. The fourth-order valence-electron chi connectivity index (χ4n) is 3.67. The number of aromatic nitrogens is 2. The average molecular weight is 513 g/mol. The van der Waals surface area contributed by atoms with Gasteiger partial charge in [0.25, 0.3) is 11.5 Å². The molecule has 6 nitrogen and oxygen atoms in total. The summed E-state index contributed by atoms with van der Waals surface area (Å²) in [6.45, 7) is 5.02. The number of carbonyl (C=O) groups is 1. The SMILES string of the molecule is CCCCCNc1nc2ccc(C)cn2c(=O)c1/C=C1/SC(=S)N(Cc2ccccc2Cl)C1=O. The largest absolute Gasteiger partial charge is 0.369 e. The van der Waals surface area contributed by atoms with Gasteiger partial charge in [0.15, 0.2) is 0 Å². The Morgan fingerprint density at radius 1 is 1.18 bits per heavy atom. The van der Waals surface area contributed by atoms with Crippen LogP contribution in [0.15, 0.2) is 52.3 Å². The molecule has 0 aliphatic carbocycles. The number of unbranched alkanes of at least 4 members (excludes halogenated alkanes) is 2. The molecule has 3 aromatic rings. The van der Waals surface area contributed by atoms with Crippen LogP contribution < -0.4 is 10.9 Å². The standard InChI is InChI=1S/C25H25ClN4O2S2/c1-3-4-7-12-27-22-18(23(31)29-14-16(2)10-11-21(29)28-22)13-20-24(32)30(25(33)34-20)15-17-8-5-6-9-19(17)26/h5-6,8-11,13-14,27H,3-4,7,12,15H2,1-2H3/b20-13+. The van der Waals surface area contributed by atoms with Crippen LogP contribution in [0, 0.1) is 6.92 Å². The molecule has 176 valence electrons. The maximum atomic E-state index is 13.4. The van der Waals surface area contributed by atoms with Crippen LogP contribution in [-0.2, 0) is 11.3 Å². The van der Waals surface area contributed by atoms with Crippen molar-refractivity contribution in [2.24, 2.45) is 0 Å². The zero-order chi connectivity index (χ0) is 24.2. The Morgan fingerprint density at radius 3 is 2.74 bits per heavy atom.